The summed E-state index contributed by atoms with van der Waals surface area (Å²) in [6, 6.07) is 17.3. The lowest BCUT2D eigenvalue weighted by molar-refractivity contribution is 0.0954. The summed E-state index contributed by atoms with van der Waals surface area (Å²) in [5, 5.41) is 7.46. The Morgan fingerprint density at radius 3 is 2.68 bits per heavy atom. The van der Waals surface area contributed by atoms with E-state index >= 15 is 0 Å². The first-order chi connectivity index (χ1) is 12.2. The SMILES string of the molecule is C/C(=N/NC(=O)c1ccncc1)c1cc2c(ccc3ccccc32)o1. The minimum Gasteiger partial charge on any atom is -0.455 e. The standard InChI is InChI=1S/C20H15N3O2/c1-13(22-23-20(24)15-8-10-21-11-9-15)19-12-17-16-5-3-2-4-14(16)6-7-18(17)25-19/h2-12H,1H3,(H,23,24)/b22-13-. The Bertz CT molecular complexity index is 1100. The zero-order valence-electron chi connectivity index (χ0n) is 13.6. The third-order valence-corrected chi connectivity index (χ3v) is 4.05. The highest BCUT2D eigenvalue weighted by Gasteiger charge is 2.10. The lowest BCUT2D eigenvalue weighted by Crippen LogP contribution is -2.19. The molecule has 2 aromatic heterocycles. The van der Waals surface area contributed by atoms with E-state index in [0.717, 1.165) is 21.7 Å². The normalized spacial score (nSPS) is 11.8. The number of pyridine rings is 1. The monoisotopic (exact) mass is 329 g/mol. The molecule has 0 atom stereocenters. The number of hydrogen-bond donors (Lipinski definition) is 1. The fraction of sp³-hybridized carbons (Fsp3) is 0.0500. The second-order valence-corrected chi connectivity index (χ2v) is 5.68. The lowest BCUT2D eigenvalue weighted by atomic mass is 10.1. The van der Waals surface area contributed by atoms with Crippen LogP contribution in [0, 0.1) is 0 Å². The summed E-state index contributed by atoms with van der Waals surface area (Å²) >= 11 is 0. The number of carbonyl (C=O) groups excluding carboxylic acids is 1. The second kappa shape index (κ2) is 6.20. The van der Waals surface area contributed by atoms with Crippen molar-refractivity contribution in [3.05, 3.63) is 78.3 Å². The molecule has 0 saturated carbocycles. The van der Waals surface area contributed by atoms with E-state index in [-0.39, 0.29) is 5.91 Å². The molecule has 0 aliphatic heterocycles. The number of fused-ring (bicyclic) bond motifs is 3. The number of hydrazone groups is 1. The highest BCUT2D eigenvalue weighted by Crippen LogP contribution is 2.28. The first-order valence-electron chi connectivity index (χ1n) is 7.89. The molecule has 5 nitrogen and oxygen atoms in total. The van der Waals surface area contributed by atoms with Crippen LogP contribution in [0.4, 0.5) is 0 Å². The molecule has 1 N–H and O–H groups in total. The van der Waals surface area contributed by atoms with E-state index in [0.29, 0.717) is 17.0 Å². The van der Waals surface area contributed by atoms with E-state index in [4.69, 9.17) is 4.42 Å². The molecule has 122 valence electrons. The van der Waals surface area contributed by atoms with Gasteiger partial charge in [0.2, 0.25) is 0 Å². The van der Waals surface area contributed by atoms with E-state index in [9.17, 15) is 4.79 Å². The fourth-order valence-electron chi connectivity index (χ4n) is 2.73. The van der Waals surface area contributed by atoms with Crippen molar-refractivity contribution in [2.24, 2.45) is 5.10 Å². The number of aromatic nitrogens is 1. The van der Waals surface area contributed by atoms with Crippen LogP contribution < -0.4 is 5.43 Å². The van der Waals surface area contributed by atoms with Gasteiger partial charge in [-0.25, -0.2) is 5.43 Å². The molecule has 0 aliphatic carbocycles. The number of carbonyl (C=O) groups is 1. The molecule has 4 rings (SSSR count). The molecule has 1 amide bonds. The maximum absolute atomic E-state index is 12.1. The topological polar surface area (TPSA) is 67.5 Å². The smallest absolute Gasteiger partial charge is 0.271 e. The van der Waals surface area contributed by atoms with Gasteiger partial charge < -0.3 is 4.42 Å². The fourth-order valence-corrected chi connectivity index (χ4v) is 2.73. The predicted molar refractivity (Wildman–Crippen MR) is 97.6 cm³/mol. The van der Waals surface area contributed by atoms with Crippen LogP contribution in [0.5, 0.6) is 0 Å². The summed E-state index contributed by atoms with van der Waals surface area (Å²) in [5.41, 5.74) is 4.44. The third-order valence-electron chi connectivity index (χ3n) is 4.05. The summed E-state index contributed by atoms with van der Waals surface area (Å²) in [4.78, 5) is 15.9. The van der Waals surface area contributed by atoms with Crippen molar-refractivity contribution in [1.29, 1.82) is 0 Å². The number of benzene rings is 2. The van der Waals surface area contributed by atoms with Crippen molar-refractivity contribution in [3.8, 4) is 0 Å². The van der Waals surface area contributed by atoms with Gasteiger partial charge in [0, 0.05) is 23.3 Å². The van der Waals surface area contributed by atoms with Gasteiger partial charge in [0.15, 0.2) is 5.76 Å². The Morgan fingerprint density at radius 1 is 1.04 bits per heavy atom. The Labute approximate surface area is 144 Å². The number of nitrogens with one attached hydrogen (secondary N) is 1. The van der Waals surface area contributed by atoms with Crippen LogP contribution in [0.3, 0.4) is 0 Å². The Kier molecular flexibility index (Phi) is 3.74. The van der Waals surface area contributed by atoms with Gasteiger partial charge in [-0.2, -0.15) is 5.10 Å². The molecule has 0 radical (unpaired) electrons. The maximum Gasteiger partial charge on any atom is 0.271 e. The molecule has 0 fully saturated rings. The van der Waals surface area contributed by atoms with Gasteiger partial charge in [0.05, 0.1) is 0 Å². The van der Waals surface area contributed by atoms with E-state index in [1.807, 2.05) is 30.3 Å². The average Bonchev–Trinajstić information content (AvgIpc) is 3.11. The number of furan rings is 1. The molecule has 0 spiro atoms. The van der Waals surface area contributed by atoms with Crippen LogP contribution in [0.15, 0.2) is 76.5 Å². The van der Waals surface area contributed by atoms with E-state index in [1.165, 1.54) is 0 Å². The van der Waals surface area contributed by atoms with Crippen molar-refractivity contribution in [3.63, 3.8) is 0 Å². The Balaban J connectivity index is 1.64. The number of nitrogens with zero attached hydrogens (tertiary/aromatic N) is 2. The van der Waals surface area contributed by atoms with Gasteiger partial charge in [-0.15, -0.1) is 0 Å². The largest absolute Gasteiger partial charge is 0.455 e. The zero-order valence-corrected chi connectivity index (χ0v) is 13.6. The number of amides is 1. The third kappa shape index (κ3) is 2.87. The summed E-state index contributed by atoms with van der Waals surface area (Å²) in [6.45, 7) is 1.80. The molecule has 2 aromatic carbocycles. The van der Waals surface area contributed by atoms with Gasteiger partial charge >= 0.3 is 0 Å². The molecular weight excluding hydrogens is 314 g/mol. The van der Waals surface area contributed by atoms with Gasteiger partial charge in [-0.05, 0) is 42.0 Å². The highest BCUT2D eigenvalue weighted by atomic mass is 16.3. The molecule has 5 heteroatoms. The van der Waals surface area contributed by atoms with Crippen LogP contribution in [0.2, 0.25) is 0 Å². The van der Waals surface area contributed by atoms with Crippen LogP contribution in [-0.2, 0) is 0 Å². The van der Waals surface area contributed by atoms with Gasteiger partial charge in [0.25, 0.3) is 5.91 Å². The van der Waals surface area contributed by atoms with Gasteiger partial charge in [-0.1, -0.05) is 30.3 Å². The van der Waals surface area contributed by atoms with Crippen molar-refractivity contribution in [1.82, 2.24) is 10.4 Å². The van der Waals surface area contributed by atoms with E-state index in [1.54, 1.807) is 31.5 Å². The minimum atomic E-state index is -0.289. The molecule has 4 aromatic rings. The van der Waals surface area contributed by atoms with Gasteiger partial charge in [0.1, 0.15) is 11.3 Å². The molecular formula is C20H15N3O2. The first kappa shape index (κ1) is 15.1. The summed E-state index contributed by atoms with van der Waals surface area (Å²) < 4.78 is 5.88. The lowest BCUT2D eigenvalue weighted by Gasteiger charge is -2.00. The van der Waals surface area contributed by atoms with Crippen LogP contribution >= 0.6 is 0 Å². The molecule has 0 bridgehead atoms. The minimum absolute atomic E-state index is 0.289. The average molecular weight is 329 g/mol. The highest BCUT2D eigenvalue weighted by molar-refractivity contribution is 6.09. The molecule has 2 heterocycles. The molecule has 0 unspecified atom stereocenters. The van der Waals surface area contributed by atoms with E-state index in [2.05, 4.69) is 27.6 Å². The summed E-state index contributed by atoms with van der Waals surface area (Å²) in [6.07, 6.45) is 3.13. The quantitative estimate of drug-likeness (QED) is 0.454. The molecule has 0 saturated heterocycles. The van der Waals surface area contributed by atoms with Gasteiger partial charge in [-0.3, -0.25) is 9.78 Å². The number of hydrogen-bond acceptors (Lipinski definition) is 4. The molecule has 0 aliphatic rings. The van der Waals surface area contributed by atoms with Crippen LogP contribution in [-0.4, -0.2) is 16.6 Å². The van der Waals surface area contributed by atoms with Crippen molar-refractivity contribution < 1.29 is 9.21 Å². The van der Waals surface area contributed by atoms with Crippen LogP contribution in [0.1, 0.15) is 23.0 Å². The van der Waals surface area contributed by atoms with Crippen molar-refractivity contribution in [2.75, 3.05) is 0 Å². The van der Waals surface area contributed by atoms with Crippen molar-refractivity contribution >= 4 is 33.4 Å². The van der Waals surface area contributed by atoms with Crippen molar-refractivity contribution in [2.45, 2.75) is 6.92 Å². The van der Waals surface area contributed by atoms with Crippen LogP contribution in [0.25, 0.3) is 21.7 Å². The second-order valence-electron chi connectivity index (χ2n) is 5.68. The predicted octanol–water partition coefficient (Wildman–Crippen LogP) is 4.14. The number of rotatable bonds is 3. The summed E-state index contributed by atoms with van der Waals surface area (Å²) in [7, 11) is 0. The summed E-state index contributed by atoms with van der Waals surface area (Å²) in [5.74, 6) is 0.338. The maximum atomic E-state index is 12.1. The first-order valence-corrected chi connectivity index (χ1v) is 7.89. The Hall–Kier alpha value is -3.47. The van der Waals surface area contributed by atoms with E-state index < -0.39 is 0 Å². The Morgan fingerprint density at radius 2 is 1.84 bits per heavy atom. The zero-order chi connectivity index (χ0) is 17.2. The molecule has 25 heavy (non-hydrogen) atoms.